The Balaban J connectivity index is 1.45. The lowest BCUT2D eigenvalue weighted by Gasteiger charge is -2.30. The molecule has 1 fully saturated rings. The van der Waals surface area contributed by atoms with E-state index in [1.165, 1.54) is 16.2 Å². The second kappa shape index (κ2) is 12.0. The number of thiophene rings is 1. The number of sulfone groups is 1. The van der Waals surface area contributed by atoms with Crippen LogP contribution in [-0.2, 0) is 24.2 Å². The standard InChI is InChI=1S/C31H30N2O6S2/c34-28(32-37)21-31(17-18-33(19-20-41(31,38)39)30(36)29(35)25-9-5-2-6-10-25)27-16-15-26(40-27)24-13-11-23(12-14-24)22-7-3-1-4-8-22/h1-16,29,35,37H,17-21H2,(H,32,34)/t29-,31?/m0/s1. The molecule has 1 unspecified atom stereocenters. The number of hydrogen-bond donors (Lipinski definition) is 3. The van der Waals surface area contributed by atoms with Gasteiger partial charge in [-0.2, -0.15) is 0 Å². The van der Waals surface area contributed by atoms with Crippen molar-refractivity contribution in [1.29, 1.82) is 0 Å². The normalized spacial score (nSPS) is 19.2. The molecule has 3 aromatic carbocycles. The Hall–Kier alpha value is -3.83. The molecule has 2 amide bonds. The van der Waals surface area contributed by atoms with Gasteiger partial charge in [-0.15, -0.1) is 11.3 Å². The van der Waals surface area contributed by atoms with E-state index in [2.05, 4.69) is 0 Å². The predicted molar refractivity (Wildman–Crippen MR) is 158 cm³/mol. The number of nitrogens with zero attached hydrogens (tertiary/aromatic N) is 1. The molecule has 0 spiro atoms. The van der Waals surface area contributed by atoms with Crippen molar-refractivity contribution in [2.24, 2.45) is 0 Å². The zero-order chi connectivity index (χ0) is 29.0. The van der Waals surface area contributed by atoms with Gasteiger partial charge < -0.3 is 10.0 Å². The van der Waals surface area contributed by atoms with Gasteiger partial charge >= 0.3 is 0 Å². The SMILES string of the molecule is O=C(CC1(c2ccc(-c3ccc(-c4ccccc4)cc3)s2)CCN(C(=O)[C@@H](O)c2ccccc2)CCS1(=O)=O)NO. The third kappa shape index (κ3) is 5.82. The highest BCUT2D eigenvalue weighted by Gasteiger charge is 2.50. The van der Waals surface area contributed by atoms with Crippen LogP contribution in [0.3, 0.4) is 0 Å². The molecule has 0 bridgehead atoms. The quantitative estimate of drug-likeness (QED) is 0.214. The van der Waals surface area contributed by atoms with Gasteiger partial charge in [-0.1, -0.05) is 84.9 Å². The number of carbonyl (C=O) groups is 2. The van der Waals surface area contributed by atoms with Crippen molar-refractivity contribution in [3.63, 3.8) is 0 Å². The van der Waals surface area contributed by atoms with Gasteiger partial charge in [0.25, 0.3) is 5.91 Å². The van der Waals surface area contributed by atoms with Crippen LogP contribution in [0.2, 0.25) is 0 Å². The Labute approximate surface area is 242 Å². The lowest BCUT2D eigenvalue weighted by Crippen LogP contribution is -2.41. The zero-order valence-corrected chi connectivity index (χ0v) is 23.8. The molecular weight excluding hydrogens is 560 g/mol. The number of carbonyl (C=O) groups excluding carboxylic acids is 2. The minimum atomic E-state index is -3.99. The Morgan fingerprint density at radius 1 is 0.854 bits per heavy atom. The third-order valence-corrected chi connectivity index (χ3v) is 11.5. The fourth-order valence-electron chi connectivity index (χ4n) is 5.24. The summed E-state index contributed by atoms with van der Waals surface area (Å²) >= 11 is 1.28. The van der Waals surface area contributed by atoms with Crippen LogP contribution < -0.4 is 5.48 Å². The first-order chi connectivity index (χ1) is 19.7. The Morgan fingerprint density at radius 2 is 1.46 bits per heavy atom. The highest BCUT2D eigenvalue weighted by molar-refractivity contribution is 7.92. The summed E-state index contributed by atoms with van der Waals surface area (Å²) in [4.78, 5) is 28.3. The summed E-state index contributed by atoms with van der Waals surface area (Å²) in [7, 11) is -3.99. The number of rotatable bonds is 7. The number of hydrogen-bond acceptors (Lipinski definition) is 7. The number of aliphatic hydroxyl groups is 1. The molecule has 0 aliphatic carbocycles. The van der Waals surface area contributed by atoms with E-state index in [1.807, 2.05) is 60.7 Å². The maximum Gasteiger partial charge on any atom is 0.256 e. The molecule has 8 nitrogen and oxygen atoms in total. The van der Waals surface area contributed by atoms with Gasteiger partial charge in [-0.05, 0) is 40.8 Å². The van der Waals surface area contributed by atoms with Crippen molar-refractivity contribution in [1.82, 2.24) is 10.4 Å². The Bertz CT molecular complexity index is 1620. The monoisotopic (exact) mass is 590 g/mol. The van der Waals surface area contributed by atoms with Crippen LogP contribution in [0.25, 0.3) is 21.6 Å². The van der Waals surface area contributed by atoms with Gasteiger partial charge in [0, 0.05) is 22.8 Å². The van der Waals surface area contributed by atoms with Crippen LogP contribution in [0.5, 0.6) is 0 Å². The molecule has 2 atom stereocenters. The highest BCUT2D eigenvalue weighted by Crippen LogP contribution is 2.45. The van der Waals surface area contributed by atoms with Gasteiger partial charge in [-0.3, -0.25) is 14.8 Å². The van der Waals surface area contributed by atoms with E-state index < -0.39 is 44.7 Å². The maximum absolute atomic E-state index is 13.9. The first-order valence-corrected chi connectivity index (χ1v) is 15.6. The van der Waals surface area contributed by atoms with E-state index >= 15 is 0 Å². The summed E-state index contributed by atoms with van der Waals surface area (Å²) in [5, 5.41) is 20.0. The second-order valence-electron chi connectivity index (χ2n) is 10.0. The molecule has 1 aliphatic heterocycles. The van der Waals surface area contributed by atoms with E-state index in [4.69, 9.17) is 0 Å². The average Bonchev–Trinajstić information content (AvgIpc) is 3.46. The van der Waals surface area contributed by atoms with Crippen molar-refractivity contribution in [3.05, 3.63) is 108 Å². The van der Waals surface area contributed by atoms with Crippen molar-refractivity contribution in [3.8, 4) is 21.6 Å². The number of aliphatic hydroxyl groups excluding tert-OH is 1. The number of hydroxylamine groups is 1. The zero-order valence-electron chi connectivity index (χ0n) is 22.1. The minimum absolute atomic E-state index is 0.0136. The van der Waals surface area contributed by atoms with E-state index in [0.717, 1.165) is 21.6 Å². The van der Waals surface area contributed by atoms with Crippen LogP contribution in [0.4, 0.5) is 0 Å². The van der Waals surface area contributed by atoms with E-state index in [-0.39, 0.29) is 19.5 Å². The van der Waals surface area contributed by atoms with Crippen LogP contribution in [-0.4, -0.2) is 54.3 Å². The molecule has 3 N–H and O–H groups in total. The molecule has 2 heterocycles. The average molecular weight is 591 g/mol. The smallest absolute Gasteiger partial charge is 0.256 e. The van der Waals surface area contributed by atoms with Crippen molar-refractivity contribution in [2.45, 2.75) is 23.7 Å². The molecule has 4 aromatic rings. The van der Waals surface area contributed by atoms with E-state index in [1.54, 1.807) is 41.9 Å². The first kappa shape index (κ1) is 28.7. The highest BCUT2D eigenvalue weighted by atomic mass is 32.2. The van der Waals surface area contributed by atoms with Crippen LogP contribution in [0.15, 0.2) is 97.1 Å². The minimum Gasteiger partial charge on any atom is -0.378 e. The molecule has 1 saturated heterocycles. The lowest BCUT2D eigenvalue weighted by atomic mass is 9.97. The molecule has 41 heavy (non-hydrogen) atoms. The van der Waals surface area contributed by atoms with Gasteiger partial charge in [0.15, 0.2) is 15.9 Å². The molecule has 5 rings (SSSR count). The van der Waals surface area contributed by atoms with E-state index in [0.29, 0.717) is 10.4 Å². The summed E-state index contributed by atoms with van der Waals surface area (Å²) in [5.74, 6) is -1.82. The van der Waals surface area contributed by atoms with Crippen molar-refractivity contribution in [2.75, 3.05) is 18.8 Å². The van der Waals surface area contributed by atoms with Crippen LogP contribution in [0, 0.1) is 0 Å². The number of amides is 2. The van der Waals surface area contributed by atoms with Crippen LogP contribution >= 0.6 is 11.3 Å². The third-order valence-electron chi connectivity index (χ3n) is 7.57. The summed E-state index contributed by atoms with van der Waals surface area (Å²) in [6.07, 6.45) is -2.00. The largest absolute Gasteiger partial charge is 0.378 e. The molecule has 1 aromatic heterocycles. The summed E-state index contributed by atoms with van der Waals surface area (Å²) in [6, 6.07) is 29.9. The molecule has 1 aliphatic rings. The molecular formula is C31H30N2O6S2. The van der Waals surface area contributed by atoms with E-state index in [9.17, 15) is 28.3 Å². The Morgan fingerprint density at radius 3 is 2.12 bits per heavy atom. The summed E-state index contributed by atoms with van der Waals surface area (Å²) < 4.78 is 26.1. The molecule has 0 saturated carbocycles. The summed E-state index contributed by atoms with van der Waals surface area (Å²) in [6.45, 7) is -0.105. The Kier molecular flexibility index (Phi) is 8.37. The first-order valence-electron chi connectivity index (χ1n) is 13.2. The summed E-state index contributed by atoms with van der Waals surface area (Å²) in [5.41, 5.74) is 5.03. The fourth-order valence-corrected chi connectivity index (χ4v) is 8.84. The van der Waals surface area contributed by atoms with Crippen LogP contribution in [0.1, 0.15) is 29.4 Å². The molecule has 212 valence electrons. The molecule has 0 radical (unpaired) electrons. The van der Waals surface area contributed by atoms with Gasteiger partial charge in [0.2, 0.25) is 5.91 Å². The van der Waals surface area contributed by atoms with Gasteiger partial charge in [0.05, 0.1) is 12.2 Å². The molecule has 10 heteroatoms. The predicted octanol–water partition coefficient (Wildman–Crippen LogP) is 4.55. The fraction of sp³-hybridized carbons (Fsp3) is 0.226. The number of benzene rings is 3. The van der Waals surface area contributed by atoms with Gasteiger partial charge in [0.1, 0.15) is 4.75 Å². The maximum atomic E-state index is 13.9. The van der Waals surface area contributed by atoms with Crippen molar-refractivity contribution < 1.29 is 28.3 Å². The second-order valence-corrected chi connectivity index (χ2v) is 13.5. The lowest BCUT2D eigenvalue weighted by molar-refractivity contribution is -0.140. The topological polar surface area (TPSA) is 124 Å². The van der Waals surface area contributed by atoms with Crippen molar-refractivity contribution >= 4 is 33.0 Å². The number of nitrogens with one attached hydrogen (secondary N) is 1. The van der Waals surface area contributed by atoms with Gasteiger partial charge in [-0.25, -0.2) is 13.9 Å².